The van der Waals surface area contributed by atoms with Crippen LogP contribution in [0.25, 0.3) is 10.2 Å². The summed E-state index contributed by atoms with van der Waals surface area (Å²) in [5, 5.41) is 5.95. The number of nitrogens with two attached hydrogens (primary N) is 1. The Morgan fingerprint density at radius 1 is 1.11 bits per heavy atom. The maximum Gasteiger partial charge on any atom is 0.416 e. The summed E-state index contributed by atoms with van der Waals surface area (Å²) in [5.74, 6) is -1.04. The zero-order valence-corrected chi connectivity index (χ0v) is 15.2. The SMILES string of the molecule is NC(=O)CNC(=O)c1ccc(CNc2nc3cc(C(F)(F)F)ccc3s2)cc1. The first-order chi connectivity index (χ1) is 13.2. The molecular formula is C18H15F3N4O2S. The Balaban J connectivity index is 1.64. The number of carbonyl (C=O) groups is 2. The third kappa shape index (κ3) is 4.77. The molecule has 2 amide bonds. The third-order valence-electron chi connectivity index (χ3n) is 3.80. The van der Waals surface area contributed by atoms with E-state index in [9.17, 15) is 22.8 Å². The van der Waals surface area contributed by atoms with Gasteiger partial charge in [-0.25, -0.2) is 4.98 Å². The van der Waals surface area contributed by atoms with Crippen molar-refractivity contribution in [2.75, 3.05) is 11.9 Å². The van der Waals surface area contributed by atoms with Crippen LogP contribution in [0.3, 0.4) is 0 Å². The van der Waals surface area contributed by atoms with Gasteiger partial charge in [0.1, 0.15) is 0 Å². The van der Waals surface area contributed by atoms with Crippen molar-refractivity contribution in [3.05, 3.63) is 59.2 Å². The van der Waals surface area contributed by atoms with Crippen molar-refractivity contribution in [1.29, 1.82) is 0 Å². The molecule has 3 rings (SSSR count). The largest absolute Gasteiger partial charge is 0.416 e. The number of fused-ring (bicyclic) bond motifs is 1. The van der Waals surface area contributed by atoms with Crippen LogP contribution < -0.4 is 16.4 Å². The molecule has 0 atom stereocenters. The van der Waals surface area contributed by atoms with Crippen LogP contribution >= 0.6 is 11.3 Å². The van der Waals surface area contributed by atoms with Gasteiger partial charge in [-0.2, -0.15) is 13.2 Å². The van der Waals surface area contributed by atoms with Gasteiger partial charge >= 0.3 is 6.18 Å². The van der Waals surface area contributed by atoms with Crippen molar-refractivity contribution >= 4 is 38.5 Å². The van der Waals surface area contributed by atoms with Crippen LogP contribution in [0.2, 0.25) is 0 Å². The predicted octanol–water partition coefficient (Wildman–Crippen LogP) is 3.14. The van der Waals surface area contributed by atoms with Crippen molar-refractivity contribution in [1.82, 2.24) is 10.3 Å². The molecule has 0 fully saturated rings. The van der Waals surface area contributed by atoms with E-state index in [1.807, 2.05) is 0 Å². The van der Waals surface area contributed by atoms with Crippen molar-refractivity contribution in [2.45, 2.75) is 12.7 Å². The number of nitrogens with zero attached hydrogens (tertiary/aromatic N) is 1. The number of thiazole rings is 1. The van der Waals surface area contributed by atoms with Gasteiger partial charge in [-0.05, 0) is 35.9 Å². The maximum absolute atomic E-state index is 12.8. The Morgan fingerprint density at radius 2 is 1.82 bits per heavy atom. The highest BCUT2D eigenvalue weighted by Gasteiger charge is 2.30. The minimum absolute atomic E-state index is 0.240. The lowest BCUT2D eigenvalue weighted by molar-refractivity contribution is -0.137. The number of hydrogen-bond donors (Lipinski definition) is 3. The molecule has 3 aromatic rings. The number of hydrogen-bond acceptors (Lipinski definition) is 5. The smallest absolute Gasteiger partial charge is 0.368 e. The average molecular weight is 408 g/mol. The molecule has 1 aromatic heterocycles. The first-order valence-corrected chi connectivity index (χ1v) is 8.91. The molecule has 0 radical (unpaired) electrons. The van der Waals surface area contributed by atoms with Gasteiger partial charge in [-0.1, -0.05) is 23.5 Å². The number of halogens is 3. The van der Waals surface area contributed by atoms with Crippen molar-refractivity contribution in [3.63, 3.8) is 0 Å². The molecule has 0 unspecified atom stereocenters. The van der Waals surface area contributed by atoms with Crippen LogP contribution in [-0.4, -0.2) is 23.3 Å². The Bertz CT molecular complexity index is 1020. The number of nitrogens with one attached hydrogen (secondary N) is 2. The fourth-order valence-corrected chi connectivity index (χ4v) is 3.24. The molecule has 4 N–H and O–H groups in total. The molecule has 2 aromatic carbocycles. The van der Waals surface area contributed by atoms with E-state index in [1.165, 1.54) is 17.4 Å². The number of rotatable bonds is 6. The highest BCUT2D eigenvalue weighted by molar-refractivity contribution is 7.22. The van der Waals surface area contributed by atoms with E-state index in [0.717, 1.165) is 17.7 Å². The normalized spacial score (nSPS) is 11.4. The van der Waals surface area contributed by atoms with Gasteiger partial charge in [-0.15, -0.1) is 0 Å². The van der Waals surface area contributed by atoms with E-state index in [0.29, 0.717) is 21.9 Å². The lowest BCUT2D eigenvalue weighted by Gasteiger charge is -2.05. The van der Waals surface area contributed by atoms with E-state index in [2.05, 4.69) is 15.6 Å². The van der Waals surface area contributed by atoms with Crippen LogP contribution in [0.4, 0.5) is 18.3 Å². The molecule has 0 saturated carbocycles. The fraction of sp³-hybridized carbons (Fsp3) is 0.167. The van der Waals surface area contributed by atoms with Crippen molar-refractivity contribution < 1.29 is 22.8 Å². The third-order valence-corrected chi connectivity index (χ3v) is 4.79. The summed E-state index contributed by atoms with van der Waals surface area (Å²) in [6.07, 6.45) is -4.41. The van der Waals surface area contributed by atoms with E-state index in [4.69, 9.17) is 5.73 Å². The average Bonchev–Trinajstić information content (AvgIpc) is 3.06. The topological polar surface area (TPSA) is 97.1 Å². The van der Waals surface area contributed by atoms with Gasteiger partial charge < -0.3 is 16.4 Å². The number of alkyl halides is 3. The van der Waals surface area contributed by atoms with Gasteiger partial charge in [0.2, 0.25) is 5.91 Å². The van der Waals surface area contributed by atoms with Gasteiger partial charge in [0.25, 0.3) is 5.91 Å². The van der Waals surface area contributed by atoms with Crippen LogP contribution in [0.5, 0.6) is 0 Å². The van der Waals surface area contributed by atoms with Gasteiger partial charge in [0.05, 0.1) is 22.3 Å². The Hall–Kier alpha value is -3.14. The Morgan fingerprint density at radius 3 is 2.46 bits per heavy atom. The number of primary amides is 1. The molecule has 0 aliphatic carbocycles. The summed E-state index contributed by atoms with van der Waals surface area (Å²) in [6, 6.07) is 10.1. The lowest BCUT2D eigenvalue weighted by Crippen LogP contribution is -2.33. The maximum atomic E-state index is 12.8. The summed E-state index contributed by atoms with van der Waals surface area (Å²) in [7, 11) is 0. The quantitative estimate of drug-likeness (QED) is 0.584. The summed E-state index contributed by atoms with van der Waals surface area (Å²) in [5.41, 5.74) is 5.75. The van der Waals surface area contributed by atoms with E-state index < -0.39 is 23.6 Å². The fourth-order valence-electron chi connectivity index (χ4n) is 2.40. The van der Waals surface area contributed by atoms with Crippen LogP contribution in [-0.2, 0) is 17.5 Å². The zero-order valence-electron chi connectivity index (χ0n) is 14.3. The molecule has 146 valence electrons. The zero-order chi connectivity index (χ0) is 20.3. The van der Waals surface area contributed by atoms with Crippen LogP contribution in [0, 0.1) is 0 Å². The standard InChI is InChI=1S/C18H15F3N4O2S/c19-18(20,21)12-5-6-14-13(7-12)25-17(28-14)24-8-10-1-3-11(4-2-10)16(27)23-9-15(22)26/h1-7H,8-9H2,(H2,22,26)(H,23,27)(H,24,25). The van der Waals surface area contributed by atoms with E-state index in [-0.39, 0.29) is 12.1 Å². The summed E-state index contributed by atoms with van der Waals surface area (Å²) >= 11 is 1.26. The summed E-state index contributed by atoms with van der Waals surface area (Å²) < 4.78 is 39.0. The highest BCUT2D eigenvalue weighted by Crippen LogP contribution is 2.34. The predicted molar refractivity (Wildman–Crippen MR) is 99.9 cm³/mol. The summed E-state index contributed by atoms with van der Waals surface area (Å²) in [4.78, 5) is 26.7. The first-order valence-electron chi connectivity index (χ1n) is 8.09. The number of carbonyl (C=O) groups excluding carboxylic acids is 2. The molecule has 10 heteroatoms. The molecule has 1 heterocycles. The second-order valence-electron chi connectivity index (χ2n) is 5.90. The molecule has 0 bridgehead atoms. The molecule has 0 saturated heterocycles. The minimum atomic E-state index is -4.41. The molecule has 0 aliphatic heterocycles. The Labute approximate surface area is 161 Å². The second-order valence-corrected chi connectivity index (χ2v) is 6.93. The van der Waals surface area contributed by atoms with E-state index in [1.54, 1.807) is 24.3 Å². The van der Waals surface area contributed by atoms with E-state index >= 15 is 0 Å². The molecule has 6 nitrogen and oxygen atoms in total. The summed E-state index contributed by atoms with van der Waals surface area (Å²) in [6.45, 7) is 0.144. The number of anilines is 1. The lowest BCUT2D eigenvalue weighted by atomic mass is 10.1. The molecule has 28 heavy (non-hydrogen) atoms. The van der Waals surface area contributed by atoms with Crippen molar-refractivity contribution in [3.8, 4) is 0 Å². The number of amides is 2. The Kier molecular flexibility index (Phi) is 5.50. The second kappa shape index (κ2) is 7.85. The van der Waals surface area contributed by atoms with Gasteiger partial charge in [-0.3, -0.25) is 9.59 Å². The number of benzene rings is 2. The first kappa shape index (κ1) is 19.6. The van der Waals surface area contributed by atoms with Gasteiger partial charge in [0, 0.05) is 12.1 Å². The van der Waals surface area contributed by atoms with Crippen molar-refractivity contribution in [2.24, 2.45) is 5.73 Å². The molecule has 0 aliphatic rings. The molecular weight excluding hydrogens is 393 g/mol. The molecule has 0 spiro atoms. The number of aromatic nitrogens is 1. The monoisotopic (exact) mass is 408 g/mol. The minimum Gasteiger partial charge on any atom is -0.368 e. The van der Waals surface area contributed by atoms with Gasteiger partial charge in [0.15, 0.2) is 5.13 Å². The highest BCUT2D eigenvalue weighted by atomic mass is 32.1. The van der Waals surface area contributed by atoms with Crippen LogP contribution in [0.15, 0.2) is 42.5 Å². The van der Waals surface area contributed by atoms with Crippen LogP contribution in [0.1, 0.15) is 21.5 Å².